The van der Waals surface area contributed by atoms with Crippen molar-refractivity contribution in [3.63, 3.8) is 0 Å². The van der Waals surface area contributed by atoms with E-state index in [9.17, 15) is 4.79 Å². The van der Waals surface area contributed by atoms with Gasteiger partial charge in [-0.15, -0.1) is 0 Å². The van der Waals surface area contributed by atoms with Gasteiger partial charge in [0.2, 0.25) is 6.78 Å². The van der Waals surface area contributed by atoms with Crippen LogP contribution in [-0.2, 0) is 16.1 Å². The molecular weight excluding hydrogens is 354 g/mol. The van der Waals surface area contributed by atoms with Gasteiger partial charge in [-0.2, -0.15) is 0 Å². The molecule has 0 spiro atoms. The molecule has 0 N–H and O–H groups in total. The van der Waals surface area contributed by atoms with Crippen LogP contribution in [0.4, 0.5) is 0 Å². The van der Waals surface area contributed by atoms with Crippen LogP contribution in [0.3, 0.4) is 0 Å². The smallest absolute Gasteiger partial charge is 0.326 e. The van der Waals surface area contributed by atoms with E-state index in [0.717, 1.165) is 16.0 Å². The Labute approximate surface area is 136 Å². The van der Waals surface area contributed by atoms with Crippen molar-refractivity contribution in [1.82, 2.24) is 4.57 Å². The minimum atomic E-state index is -1.50. The van der Waals surface area contributed by atoms with Crippen LogP contribution in [0.2, 0.25) is 0 Å². The molecule has 9 heteroatoms. The summed E-state index contributed by atoms with van der Waals surface area (Å²) in [5.74, 6) is 0.403. The summed E-state index contributed by atoms with van der Waals surface area (Å²) in [4.78, 5) is 12.3. The highest BCUT2D eigenvalue weighted by atomic mass is 35.9. The molecule has 0 unspecified atom stereocenters. The highest BCUT2D eigenvalue weighted by Crippen LogP contribution is 2.47. The average molecular weight is 367 g/mol. The second-order valence-electron chi connectivity index (χ2n) is 3.92. The maximum absolute atomic E-state index is 11.7. The van der Waals surface area contributed by atoms with Crippen molar-refractivity contribution in [2.24, 2.45) is 4.76 Å². The Bertz CT molecular complexity index is 714. The standard InChI is InChI=1S/C12H13Cl2N2O3PS/c1-3-19-11(17)7-16-9-5-4-8(18-2)6-10(9)21-12(16)15-20(13)14/h4-6H,3,7H2,1-2H3/b15-12-. The first-order chi connectivity index (χ1) is 10.0. The molecule has 0 saturated heterocycles. The van der Waals surface area contributed by atoms with Crippen molar-refractivity contribution in [1.29, 1.82) is 0 Å². The number of aromatic nitrogens is 1. The molecule has 1 heterocycles. The molecule has 0 atom stereocenters. The van der Waals surface area contributed by atoms with Gasteiger partial charge in [-0.3, -0.25) is 4.79 Å². The van der Waals surface area contributed by atoms with Gasteiger partial charge in [0.05, 0.1) is 23.9 Å². The first-order valence-electron chi connectivity index (χ1n) is 6.04. The summed E-state index contributed by atoms with van der Waals surface area (Å²) in [6.45, 7) is 0.665. The molecular formula is C12H13Cl2N2O3PS. The normalized spacial score (nSPS) is 12.1. The molecule has 1 aromatic heterocycles. The highest BCUT2D eigenvalue weighted by molar-refractivity contribution is 8.02. The lowest BCUT2D eigenvalue weighted by molar-refractivity contribution is -0.143. The monoisotopic (exact) mass is 366 g/mol. The van der Waals surface area contributed by atoms with Crippen molar-refractivity contribution in [3.05, 3.63) is 23.0 Å². The molecule has 5 nitrogen and oxygen atoms in total. The summed E-state index contributed by atoms with van der Waals surface area (Å²) in [5, 5.41) is 0. The maximum Gasteiger partial charge on any atom is 0.326 e. The number of ether oxygens (including phenoxy) is 2. The summed E-state index contributed by atoms with van der Waals surface area (Å²) < 4.78 is 17.1. The van der Waals surface area contributed by atoms with Crippen LogP contribution in [-0.4, -0.2) is 24.3 Å². The maximum atomic E-state index is 11.7. The van der Waals surface area contributed by atoms with Crippen LogP contribution in [0.15, 0.2) is 23.0 Å². The second kappa shape index (κ2) is 7.45. The van der Waals surface area contributed by atoms with E-state index in [4.69, 9.17) is 32.0 Å². The van der Waals surface area contributed by atoms with Crippen molar-refractivity contribution < 1.29 is 14.3 Å². The SMILES string of the molecule is CCOC(=O)Cn1/c(=N/P(Cl)Cl)sc2cc(OC)ccc21. The van der Waals surface area contributed by atoms with Gasteiger partial charge >= 0.3 is 5.97 Å². The number of halogens is 2. The zero-order valence-corrected chi connectivity index (χ0v) is 14.6. The number of carbonyl (C=O) groups excluding carboxylic acids is 1. The van der Waals surface area contributed by atoms with Crippen molar-refractivity contribution >= 4 is 56.8 Å². The van der Waals surface area contributed by atoms with Gasteiger partial charge in [0.1, 0.15) is 12.3 Å². The lowest BCUT2D eigenvalue weighted by Crippen LogP contribution is -2.21. The first-order valence-corrected chi connectivity index (χ1v) is 9.96. The van der Waals surface area contributed by atoms with Gasteiger partial charge in [-0.25, -0.2) is 4.76 Å². The summed E-state index contributed by atoms with van der Waals surface area (Å²) in [7, 11) is 1.60. The molecule has 0 aliphatic heterocycles. The molecule has 0 aliphatic carbocycles. The number of benzene rings is 1. The molecule has 21 heavy (non-hydrogen) atoms. The number of hydrogen-bond acceptors (Lipinski definition) is 5. The molecule has 2 rings (SSSR count). The number of thiazole rings is 1. The Hall–Kier alpha value is -0.810. The second-order valence-corrected chi connectivity index (χ2v) is 8.00. The molecule has 0 aliphatic rings. The summed E-state index contributed by atoms with van der Waals surface area (Å²) >= 11 is 13.0. The Morgan fingerprint density at radius 2 is 2.24 bits per heavy atom. The number of methoxy groups -OCH3 is 1. The summed E-state index contributed by atoms with van der Waals surface area (Å²) in [5.41, 5.74) is 0.859. The third-order valence-corrected chi connectivity index (χ3v) is 4.61. The van der Waals surface area contributed by atoms with E-state index in [1.54, 1.807) is 18.6 Å². The molecule has 0 fully saturated rings. The Kier molecular flexibility index (Phi) is 5.88. The zero-order valence-electron chi connectivity index (χ0n) is 11.4. The molecule has 2 aromatic rings. The number of nitrogens with zero attached hydrogens (tertiary/aromatic N) is 2. The third-order valence-electron chi connectivity index (χ3n) is 2.64. The third kappa shape index (κ3) is 4.10. The van der Waals surface area contributed by atoms with Crippen LogP contribution < -0.4 is 9.54 Å². The topological polar surface area (TPSA) is 52.8 Å². The summed E-state index contributed by atoms with van der Waals surface area (Å²) in [6, 6.07) is 5.57. The number of fused-ring (bicyclic) bond motifs is 1. The van der Waals surface area contributed by atoms with E-state index in [1.807, 2.05) is 18.2 Å². The minimum Gasteiger partial charge on any atom is -0.497 e. The zero-order chi connectivity index (χ0) is 15.4. The van der Waals surface area contributed by atoms with Gasteiger partial charge in [0, 0.05) is 0 Å². The Morgan fingerprint density at radius 3 is 2.86 bits per heavy atom. The number of rotatable bonds is 5. The number of carbonyl (C=O) groups is 1. The molecule has 0 amide bonds. The van der Waals surface area contributed by atoms with Gasteiger partial charge < -0.3 is 14.0 Å². The van der Waals surface area contributed by atoms with E-state index in [2.05, 4.69) is 4.76 Å². The number of esters is 1. The fourth-order valence-corrected chi connectivity index (χ4v) is 4.08. The van der Waals surface area contributed by atoms with Gasteiger partial charge in [-0.05, 0) is 25.1 Å². The van der Waals surface area contributed by atoms with E-state index in [1.165, 1.54) is 11.3 Å². The van der Waals surface area contributed by atoms with Gasteiger partial charge in [0.15, 0.2) is 4.80 Å². The first kappa shape index (κ1) is 16.6. The van der Waals surface area contributed by atoms with E-state index >= 15 is 0 Å². The number of hydrogen-bond donors (Lipinski definition) is 0. The van der Waals surface area contributed by atoms with Crippen LogP contribution in [0, 0.1) is 0 Å². The summed E-state index contributed by atoms with van der Waals surface area (Å²) in [6.07, 6.45) is 0. The lowest BCUT2D eigenvalue weighted by Gasteiger charge is -2.05. The molecule has 114 valence electrons. The predicted octanol–water partition coefficient (Wildman–Crippen LogP) is 3.88. The van der Waals surface area contributed by atoms with Gasteiger partial charge in [0.25, 0.3) is 0 Å². The van der Waals surface area contributed by atoms with Crippen LogP contribution >= 0.6 is 40.6 Å². The predicted molar refractivity (Wildman–Crippen MR) is 87.2 cm³/mol. The van der Waals surface area contributed by atoms with E-state index < -0.39 is 6.78 Å². The van der Waals surface area contributed by atoms with Crippen LogP contribution in [0.5, 0.6) is 5.75 Å². The van der Waals surface area contributed by atoms with Gasteiger partial charge in [-0.1, -0.05) is 33.8 Å². The average Bonchev–Trinajstić information content (AvgIpc) is 2.75. The fraction of sp³-hybridized carbons (Fsp3) is 0.333. The van der Waals surface area contributed by atoms with Crippen LogP contribution in [0.25, 0.3) is 10.2 Å². The van der Waals surface area contributed by atoms with Crippen LogP contribution in [0.1, 0.15) is 6.92 Å². The molecule has 0 bridgehead atoms. The van der Waals surface area contributed by atoms with E-state index in [0.29, 0.717) is 11.4 Å². The van der Waals surface area contributed by atoms with Crippen molar-refractivity contribution in [3.8, 4) is 5.75 Å². The van der Waals surface area contributed by atoms with Crippen molar-refractivity contribution in [2.45, 2.75) is 13.5 Å². The van der Waals surface area contributed by atoms with E-state index in [-0.39, 0.29) is 12.5 Å². The molecule has 0 radical (unpaired) electrons. The molecule has 0 saturated carbocycles. The lowest BCUT2D eigenvalue weighted by atomic mass is 10.3. The largest absolute Gasteiger partial charge is 0.497 e. The quantitative estimate of drug-likeness (QED) is 0.595. The minimum absolute atomic E-state index is 0.0654. The highest BCUT2D eigenvalue weighted by Gasteiger charge is 2.12. The Morgan fingerprint density at radius 1 is 1.48 bits per heavy atom. The Balaban J connectivity index is 2.55. The molecule has 1 aromatic carbocycles. The fourth-order valence-electron chi connectivity index (χ4n) is 1.81. The van der Waals surface area contributed by atoms with Crippen molar-refractivity contribution in [2.75, 3.05) is 13.7 Å².